The summed E-state index contributed by atoms with van der Waals surface area (Å²) < 4.78 is 56.6. The van der Waals surface area contributed by atoms with Crippen molar-refractivity contribution in [2.45, 2.75) is 192 Å². The van der Waals surface area contributed by atoms with Gasteiger partial charge in [-0.05, 0) is 69.8 Å². The maximum Gasteiger partial charge on any atom is 0.481 e. The number of nitrogens with zero attached hydrogens (tertiary/aromatic N) is 2. The fourth-order valence-corrected chi connectivity index (χ4v) is 9.11. The van der Waals surface area contributed by atoms with Gasteiger partial charge in [0.2, 0.25) is 0 Å². The zero-order valence-corrected chi connectivity index (χ0v) is 42.7. The molecule has 21 heteroatoms. The van der Waals surface area contributed by atoms with Crippen LogP contribution in [0.15, 0.2) is 65.7 Å². The number of anilines is 1. The first-order chi connectivity index (χ1) is 32.9. The van der Waals surface area contributed by atoms with Crippen LogP contribution < -0.4 is 11.4 Å². The van der Waals surface area contributed by atoms with Crippen LogP contribution in [0.25, 0.3) is 0 Å². The molecule has 19 nitrogen and oxygen atoms in total. The molecule has 8 atom stereocenters. The second-order valence-electron chi connectivity index (χ2n) is 17.6. The molecule has 0 radical (unpaired) electrons. The van der Waals surface area contributed by atoms with E-state index in [4.69, 9.17) is 29.0 Å². The summed E-state index contributed by atoms with van der Waals surface area (Å²) in [5.74, 6) is -0.646. The number of hydrogen-bond donors (Lipinski definition) is 6. The summed E-state index contributed by atoms with van der Waals surface area (Å²) in [4.78, 5) is 61.8. The Bertz CT molecular complexity index is 1870. The third kappa shape index (κ3) is 29.6. The molecule has 1 aliphatic heterocycles. The van der Waals surface area contributed by atoms with E-state index in [1.807, 2.05) is 25.2 Å². The Kier molecular flexibility index (Phi) is 32.0. The van der Waals surface area contributed by atoms with Gasteiger partial charge in [0.1, 0.15) is 30.7 Å². The lowest BCUT2D eigenvalue weighted by Crippen LogP contribution is -2.36. The Morgan fingerprint density at radius 1 is 0.768 bits per heavy atom. The second kappa shape index (κ2) is 35.7. The number of unbranched alkanes of at least 4 members (excludes halogenated alkanes) is 10. The minimum Gasteiger partial charge on any atom is -0.462 e. The number of aliphatic hydroxyl groups is 3. The van der Waals surface area contributed by atoms with Gasteiger partial charge < -0.3 is 45.1 Å². The maximum absolute atomic E-state index is 12.8. The van der Waals surface area contributed by atoms with Crippen LogP contribution in [0.3, 0.4) is 0 Å². The summed E-state index contributed by atoms with van der Waals surface area (Å²) in [7, 11) is -10.9. The number of esters is 2. The van der Waals surface area contributed by atoms with Crippen LogP contribution >= 0.6 is 15.6 Å². The van der Waals surface area contributed by atoms with Crippen LogP contribution in [-0.4, -0.2) is 96.9 Å². The summed E-state index contributed by atoms with van der Waals surface area (Å²) in [6, 6.07) is 1.24. The summed E-state index contributed by atoms with van der Waals surface area (Å²) >= 11 is 0. The van der Waals surface area contributed by atoms with Crippen molar-refractivity contribution in [2.75, 3.05) is 25.6 Å². The number of carbonyl (C=O) groups is 2. The van der Waals surface area contributed by atoms with E-state index in [1.165, 1.54) is 44.6 Å². The first-order valence-electron chi connectivity index (χ1n) is 24.6. The SMILES string of the molecule is CC[C@H](O)CC/C=C\C/C=C\C/C=C\C/C=C\CCCC(=O)OC[C@H](COP(=O)(O)OP(=O)(O)OC[C@H]1O[C@@H](n2ccc(N)nc2=O)[C@H](O)[C@@H]1O)OC(=O)CCCCCCCCCCCCC(C)C. The number of allylic oxidation sites excluding steroid dienone is 8. The molecule has 1 aliphatic rings. The molecule has 7 N–H and O–H groups in total. The molecule has 0 bridgehead atoms. The van der Waals surface area contributed by atoms with E-state index in [1.54, 1.807) is 0 Å². The van der Waals surface area contributed by atoms with Crippen molar-refractivity contribution in [3.8, 4) is 0 Å². The molecule has 0 saturated carbocycles. The minimum absolute atomic E-state index is 0.0312. The lowest BCUT2D eigenvalue weighted by Gasteiger charge is -2.21. The fourth-order valence-electron chi connectivity index (χ4n) is 7.00. The van der Waals surface area contributed by atoms with E-state index in [0.29, 0.717) is 19.3 Å². The predicted octanol–water partition coefficient (Wildman–Crippen LogP) is 8.60. The number of phosphoric ester groups is 2. The van der Waals surface area contributed by atoms with Crippen LogP contribution in [0.5, 0.6) is 0 Å². The van der Waals surface area contributed by atoms with E-state index in [0.717, 1.165) is 80.9 Å². The number of nitrogens with two attached hydrogens (primary N) is 1. The monoisotopic (exact) mass is 1020 g/mol. The number of aliphatic hydroxyl groups excluding tert-OH is 3. The highest BCUT2D eigenvalue weighted by Gasteiger charge is 2.46. The zero-order chi connectivity index (χ0) is 50.9. The smallest absolute Gasteiger partial charge is 0.462 e. The Morgan fingerprint density at radius 3 is 1.91 bits per heavy atom. The third-order valence-corrected chi connectivity index (χ3v) is 13.6. The van der Waals surface area contributed by atoms with E-state index >= 15 is 0 Å². The van der Waals surface area contributed by atoms with Gasteiger partial charge in [0, 0.05) is 19.0 Å². The van der Waals surface area contributed by atoms with Crippen molar-refractivity contribution in [3.05, 3.63) is 71.4 Å². The number of hydrogen-bond acceptors (Lipinski definition) is 16. The number of phosphoric acid groups is 2. The number of ether oxygens (including phenoxy) is 3. The molecule has 394 valence electrons. The molecule has 2 heterocycles. The molecule has 0 amide bonds. The lowest BCUT2D eigenvalue weighted by atomic mass is 10.0. The van der Waals surface area contributed by atoms with E-state index in [-0.39, 0.29) is 24.8 Å². The van der Waals surface area contributed by atoms with Crippen molar-refractivity contribution < 1.29 is 71.4 Å². The Morgan fingerprint density at radius 2 is 1.32 bits per heavy atom. The molecule has 0 aromatic carbocycles. The van der Waals surface area contributed by atoms with Crippen LogP contribution in [0.1, 0.15) is 162 Å². The first-order valence-corrected chi connectivity index (χ1v) is 27.6. The van der Waals surface area contributed by atoms with Crippen molar-refractivity contribution in [2.24, 2.45) is 5.92 Å². The van der Waals surface area contributed by atoms with Gasteiger partial charge in [-0.1, -0.05) is 134 Å². The van der Waals surface area contributed by atoms with Crippen molar-refractivity contribution in [3.63, 3.8) is 0 Å². The molecule has 0 spiro atoms. The van der Waals surface area contributed by atoms with Crippen molar-refractivity contribution in [1.29, 1.82) is 0 Å². The van der Waals surface area contributed by atoms with Crippen molar-refractivity contribution >= 4 is 33.4 Å². The van der Waals surface area contributed by atoms with Gasteiger partial charge in [-0.25, -0.2) is 13.9 Å². The van der Waals surface area contributed by atoms with E-state index < -0.39 is 83.7 Å². The Balaban J connectivity index is 1.83. The molecular weight excluding hydrogens is 936 g/mol. The molecule has 1 saturated heterocycles. The molecule has 69 heavy (non-hydrogen) atoms. The number of nitrogen functional groups attached to an aromatic ring is 1. The standard InChI is InChI=1S/C48H81N3O16P2/c1-4-39(52)30-26-22-18-14-9-7-5-6-8-10-15-19-23-27-31-43(53)62-35-40(65-44(54)32-28-24-20-16-12-11-13-17-21-25-29-38(2)3)36-63-68(58,59)67-69(60,61)64-37-41-45(55)46(56)47(66-41)51-34-33-42(49)50-48(51)57/h6-9,15,18-19,22,33-34,38-41,45-47,52,55-56H,4-5,10-14,16-17,20-21,23-32,35-37H2,1-3H3,(H,58,59)(H,60,61)(H2,49,50,57)/b8-6-,9-7-,19-15-,22-18-/t39-,40+,41+,45+,46+,47+/m0/s1. The van der Waals surface area contributed by atoms with Crippen LogP contribution in [0, 0.1) is 5.92 Å². The molecular formula is C48H81N3O16P2. The minimum atomic E-state index is -5.44. The highest BCUT2D eigenvalue weighted by Crippen LogP contribution is 2.60. The Hall–Kier alpha value is -3.32. The van der Waals surface area contributed by atoms with Crippen LogP contribution in [0.4, 0.5) is 5.82 Å². The number of aromatic nitrogens is 2. The zero-order valence-electron chi connectivity index (χ0n) is 40.9. The van der Waals surface area contributed by atoms with Gasteiger partial charge in [-0.2, -0.15) is 9.29 Å². The van der Waals surface area contributed by atoms with Crippen LogP contribution in [0.2, 0.25) is 0 Å². The molecule has 1 fully saturated rings. The van der Waals surface area contributed by atoms with Gasteiger partial charge >= 0.3 is 33.3 Å². The largest absolute Gasteiger partial charge is 0.481 e. The maximum atomic E-state index is 12.8. The molecule has 1 aromatic rings. The first kappa shape index (κ1) is 61.8. The Labute approximate surface area is 408 Å². The van der Waals surface area contributed by atoms with E-state index in [2.05, 4.69) is 53.5 Å². The summed E-state index contributed by atoms with van der Waals surface area (Å²) in [6.07, 6.45) is 27.3. The summed E-state index contributed by atoms with van der Waals surface area (Å²) in [5, 5.41) is 30.5. The van der Waals surface area contributed by atoms with Gasteiger partial charge in [0.15, 0.2) is 12.3 Å². The molecule has 2 unspecified atom stereocenters. The molecule has 1 aromatic heterocycles. The molecule has 0 aliphatic carbocycles. The third-order valence-electron chi connectivity index (χ3n) is 11.0. The number of carbonyl (C=O) groups excluding carboxylic acids is 2. The fraction of sp³-hybridized carbons (Fsp3) is 0.708. The quantitative estimate of drug-likeness (QED) is 0.0156. The predicted molar refractivity (Wildman–Crippen MR) is 262 cm³/mol. The number of rotatable bonds is 39. The van der Waals surface area contributed by atoms with Gasteiger partial charge in [-0.15, -0.1) is 0 Å². The average Bonchev–Trinajstić information content (AvgIpc) is 3.57. The summed E-state index contributed by atoms with van der Waals surface area (Å²) in [6.45, 7) is 4.08. The van der Waals surface area contributed by atoms with Gasteiger partial charge in [-0.3, -0.25) is 23.2 Å². The highest BCUT2D eigenvalue weighted by atomic mass is 31.3. The molecule has 2 rings (SSSR count). The highest BCUT2D eigenvalue weighted by molar-refractivity contribution is 7.61. The topological polar surface area (TPSA) is 286 Å². The second-order valence-corrected chi connectivity index (χ2v) is 20.6. The summed E-state index contributed by atoms with van der Waals surface area (Å²) in [5.41, 5.74) is 4.58. The van der Waals surface area contributed by atoms with Gasteiger partial charge in [0.05, 0.1) is 19.3 Å². The van der Waals surface area contributed by atoms with Crippen molar-refractivity contribution in [1.82, 2.24) is 9.55 Å². The normalized spacial score (nSPS) is 20.3. The average molecular weight is 1020 g/mol. The van der Waals surface area contributed by atoms with Crippen LogP contribution in [-0.2, 0) is 46.3 Å². The van der Waals surface area contributed by atoms with Gasteiger partial charge in [0.25, 0.3) is 0 Å². The lowest BCUT2D eigenvalue weighted by molar-refractivity contribution is -0.161. The van der Waals surface area contributed by atoms with E-state index in [9.17, 15) is 48.6 Å².